The summed E-state index contributed by atoms with van der Waals surface area (Å²) in [5.41, 5.74) is 1.95. The van der Waals surface area contributed by atoms with Crippen molar-refractivity contribution in [3.63, 3.8) is 0 Å². The zero-order valence-corrected chi connectivity index (χ0v) is 11.7. The summed E-state index contributed by atoms with van der Waals surface area (Å²) in [6.45, 7) is 4.23. The number of hydrogen-bond acceptors (Lipinski definition) is 4. The average molecular weight is 279 g/mol. The molecule has 0 spiro atoms. The second-order valence-corrected chi connectivity index (χ2v) is 4.85. The molecule has 0 saturated heterocycles. The van der Waals surface area contributed by atoms with Gasteiger partial charge in [0.1, 0.15) is 22.9 Å². The first-order valence-corrected chi connectivity index (χ1v) is 6.58. The first-order chi connectivity index (χ1) is 10.1. The molecule has 0 aromatic carbocycles. The van der Waals surface area contributed by atoms with Gasteiger partial charge < -0.3 is 4.57 Å². The van der Waals surface area contributed by atoms with E-state index in [0.717, 1.165) is 5.56 Å². The van der Waals surface area contributed by atoms with Crippen molar-refractivity contribution in [1.29, 1.82) is 10.7 Å². The Kier molecular flexibility index (Phi) is 2.84. The van der Waals surface area contributed by atoms with Crippen molar-refractivity contribution in [3.05, 3.63) is 51.4 Å². The quantitative estimate of drug-likeness (QED) is 0.682. The van der Waals surface area contributed by atoms with Gasteiger partial charge in [0.05, 0.1) is 10.9 Å². The van der Waals surface area contributed by atoms with Crippen LogP contribution in [0.5, 0.6) is 0 Å². The fourth-order valence-electron chi connectivity index (χ4n) is 2.44. The van der Waals surface area contributed by atoms with E-state index in [0.29, 0.717) is 23.2 Å². The van der Waals surface area contributed by atoms with Gasteiger partial charge in [-0.2, -0.15) is 5.26 Å². The second kappa shape index (κ2) is 4.56. The Balaban J connectivity index is 2.64. The number of nitrogens with zero attached hydrogens (tertiary/aromatic N) is 4. The highest BCUT2D eigenvalue weighted by atomic mass is 16.1. The van der Waals surface area contributed by atoms with E-state index in [1.54, 1.807) is 16.8 Å². The molecule has 0 saturated carbocycles. The van der Waals surface area contributed by atoms with E-state index < -0.39 is 0 Å². The Labute approximate surface area is 120 Å². The highest BCUT2D eigenvalue weighted by molar-refractivity contribution is 5.77. The van der Waals surface area contributed by atoms with Gasteiger partial charge >= 0.3 is 0 Å². The molecule has 6 heteroatoms. The average Bonchev–Trinajstić information content (AvgIpc) is 2.48. The SMILES string of the molecule is CCn1c(=N)c(C#N)cc2c(=O)n3cc(C)ccc3nc21. The third-order valence-electron chi connectivity index (χ3n) is 3.49. The molecule has 0 aliphatic carbocycles. The van der Waals surface area contributed by atoms with Gasteiger partial charge in [-0.15, -0.1) is 0 Å². The zero-order valence-electron chi connectivity index (χ0n) is 11.7. The predicted molar refractivity (Wildman–Crippen MR) is 77.9 cm³/mol. The third-order valence-corrected chi connectivity index (χ3v) is 3.49. The van der Waals surface area contributed by atoms with Crippen molar-refractivity contribution in [2.24, 2.45) is 0 Å². The number of pyridine rings is 2. The third kappa shape index (κ3) is 1.82. The molecule has 3 rings (SSSR count). The van der Waals surface area contributed by atoms with Crippen molar-refractivity contribution in [2.45, 2.75) is 20.4 Å². The van der Waals surface area contributed by atoms with Gasteiger partial charge in [-0.3, -0.25) is 14.6 Å². The molecule has 0 aliphatic rings. The van der Waals surface area contributed by atoms with Crippen LogP contribution >= 0.6 is 0 Å². The lowest BCUT2D eigenvalue weighted by atomic mass is 10.2. The number of fused-ring (bicyclic) bond motifs is 2. The van der Waals surface area contributed by atoms with Crippen LogP contribution in [0.4, 0.5) is 0 Å². The van der Waals surface area contributed by atoms with Gasteiger partial charge in [-0.1, -0.05) is 6.07 Å². The van der Waals surface area contributed by atoms with Crippen LogP contribution in [0.25, 0.3) is 16.7 Å². The lowest BCUT2D eigenvalue weighted by Crippen LogP contribution is -2.27. The number of rotatable bonds is 1. The first-order valence-electron chi connectivity index (χ1n) is 6.58. The molecular weight excluding hydrogens is 266 g/mol. The van der Waals surface area contributed by atoms with Crippen LogP contribution in [0.2, 0.25) is 0 Å². The summed E-state index contributed by atoms with van der Waals surface area (Å²) in [5, 5.41) is 17.5. The summed E-state index contributed by atoms with van der Waals surface area (Å²) in [6.07, 6.45) is 1.72. The van der Waals surface area contributed by atoms with Gasteiger partial charge in [0.15, 0.2) is 0 Å². The van der Waals surface area contributed by atoms with E-state index in [1.807, 2.05) is 26.0 Å². The van der Waals surface area contributed by atoms with Crippen LogP contribution in [-0.2, 0) is 6.54 Å². The van der Waals surface area contributed by atoms with E-state index in [4.69, 9.17) is 10.7 Å². The van der Waals surface area contributed by atoms with Crippen molar-refractivity contribution in [2.75, 3.05) is 0 Å². The summed E-state index contributed by atoms with van der Waals surface area (Å²) in [4.78, 5) is 17.1. The Bertz CT molecular complexity index is 1040. The second-order valence-electron chi connectivity index (χ2n) is 4.85. The van der Waals surface area contributed by atoms with Crippen molar-refractivity contribution in [3.8, 4) is 6.07 Å². The highest BCUT2D eigenvalue weighted by Crippen LogP contribution is 2.10. The lowest BCUT2D eigenvalue weighted by molar-refractivity contribution is 0.720. The smallest absolute Gasteiger partial charge is 0.267 e. The first kappa shape index (κ1) is 13.1. The largest absolute Gasteiger partial charge is 0.310 e. The van der Waals surface area contributed by atoms with Crippen LogP contribution in [-0.4, -0.2) is 14.0 Å². The molecule has 0 atom stereocenters. The maximum absolute atomic E-state index is 12.6. The molecule has 0 unspecified atom stereocenters. The summed E-state index contributed by atoms with van der Waals surface area (Å²) < 4.78 is 3.05. The Hall–Kier alpha value is -2.94. The van der Waals surface area contributed by atoms with Gasteiger partial charge in [0.25, 0.3) is 5.56 Å². The fraction of sp³-hybridized carbons (Fsp3) is 0.200. The van der Waals surface area contributed by atoms with E-state index in [2.05, 4.69) is 4.98 Å². The summed E-state index contributed by atoms with van der Waals surface area (Å²) in [6, 6.07) is 7.08. The van der Waals surface area contributed by atoms with Gasteiger partial charge in [0, 0.05) is 12.7 Å². The van der Waals surface area contributed by atoms with Gasteiger partial charge in [-0.25, -0.2) is 4.98 Å². The molecule has 0 amide bonds. The van der Waals surface area contributed by atoms with E-state index in [1.165, 1.54) is 10.5 Å². The molecule has 3 heterocycles. The van der Waals surface area contributed by atoms with Crippen LogP contribution in [0.15, 0.2) is 29.2 Å². The summed E-state index contributed by atoms with van der Waals surface area (Å²) in [7, 11) is 0. The summed E-state index contributed by atoms with van der Waals surface area (Å²) >= 11 is 0. The lowest BCUT2D eigenvalue weighted by Gasteiger charge is -2.10. The minimum atomic E-state index is -0.225. The fourth-order valence-corrected chi connectivity index (χ4v) is 2.44. The standard InChI is InChI=1S/C15H13N5O/c1-3-19-13(17)10(7-16)6-11-14(19)18-12-5-4-9(2)8-20(12)15(11)21/h4-6,8,17H,3H2,1-2H3. The number of nitrogens with one attached hydrogen (secondary N) is 1. The van der Waals surface area contributed by atoms with Crippen molar-refractivity contribution < 1.29 is 0 Å². The predicted octanol–water partition coefficient (Wildman–Crippen LogP) is 1.33. The van der Waals surface area contributed by atoms with E-state index in [-0.39, 0.29) is 16.6 Å². The molecule has 21 heavy (non-hydrogen) atoms. The molecule has 6 nitrogen and oxygen atoms in total. The monoisotopic (exact) mass is 279 g/mol. The van der Waals surface area contributed by atoms with Crippen LogP contribution in [0, 0.1) is 23.7 Å². The molecule has 3 aromatic heterocycles. The molecule has 0 bridgehead atoms. The molecule has 3 aromatic rings. The Morgan fingerprint density at radius 1 is 1.43 bits per heavy atom. The molecule has 0 aliphatic heterocycles. The van der Waals surface area contributed by atoms with E-state index in [9.17, 15) is 4.79 Å². The summed E-state index contributed by atoms with van der Waals surface area (Å²) in [5.74, 6) is 0. The van der Waals surface area contributed by atoms with Crippen LogP contribution in [0.1, 0.15) is 18.1 Å². The molecule has 1 N–H and O–H groups in total. The van der Waals surface area contributed by atoms with Crippen LogP contribution < -0.4 is 11.0 Å². The number of aromatic nitrogens is 3. The maximum atomic E-state index is 12.6. The number of aryl methyl sites for hydroxylation is 2. The normalized spacial score (nSPS) is 10.9. The zero-order chi connectivity index (χ0) is 15.1. The molecular formula is C15H13N5O. The topological polar surface area (TPSA) is 86.9 Å². The van der Waals surface area contributed by atoms with Gasteiger partial charge in [-0.05, 0) is 31.5 Å². The highest BCUT2D eigenvalue weighted by Gasteiger charge is 2.12. The van der Waals surface area contributed by atoms with Crippen molar-refractivity contribution >= 4 is 16.7 Å². The van der Waals surface area contributed by atoms with E-state index >= 15 is 0 Å². The maximum Gasteiger partial charge on any atom is 0.267 e. The molecule has 0 radical (unpaired) electrons. The number of hydrogen-bond donors (Lipinski definition) is 1. The van der Waals surface area contributed by atoms with Crippen molar-refractivity contribution in [1.82, 2.24) is 14.0 Å². The van der Waals surface area contributed by atoms with Gasteiger partial charge in [0.2, 0.25) is 0 Å². The molecule has 0 fully saturated rings. The van der Waals surface area contributed by atoms with Crippen LogP contribution in [0.3, 0.4) is 0 Å². The Morgan fingerprint density at radius 3 is 2.86 bits per heavy atom. The number of nitriles is 1. The minimum Gasteiger partial charge on any atom is -0.310 e. The Morgan fingerprint density at radius 2 is 2.19 bits per heavy atom. The minimum absolute atomic E-state index is 0.0795. The molecule has 104 valence electrons.